The van der Waals surface area contributed by atoms with Crippen LogP contribution in [0.3, 0.4) is 0 Å². The SMILES string of the molecule is Cc1cc(F)c(C(C)(CO)NCC(C)C)cc1F. The van der Waals surface area contributed by atoms with Crippen LogP contribution in [0.5, 0.6) is 0 Å². The minimum atomic E-state index is -0.969. The normalized spacial score (nSPS) is 14.9. The van der Waals surface area contributed by atoms with Crippen molar-refractivity contribution in [2.45, 2.75) is 33.2 Å². The predicted octanol–water partition coefficient (Wildman–Crippen LogP) is 2.73. The zero-order valence-corrected chi connectivity index (χ0v) is 11.3. The average Bonchev–Trinajstić information content (AvgIpc) is 2.31. The Morgan fingerprint density at radius 2 is 1.89 bits per heavy atom. The average molecular weight is 257 g/mol. The molecule has 0 aliphatic carbocycles. The summed E-state index contributed by atoms with van der Waals surface area (Å²) in [5.74, 6) is -0.603. The highest BCUT2D eigenvalue weighted by atomic mass is 19.1. The fraction of sp³-hybridized carbons (Fsp3) is 0.571. The third kappa shape index (κ3) is 3.27. The van der Waals surface area contributed by atoms with Gasteiger partial charge in [0.2, 0.25) is 0 Å². The summed E-state index contributed by atoms with van der Waals surface area (Å²) in [6.07, 6.45) is 0. The largest absolute Gasteiger partial charge is 0.394 e. The molecule has 1 unspecified atom stereocenters. The molecule has 0 aromatic heterocycles. The van der Waals surface area contributed by atoms with Crippen molar-refractivity contribution in [2.24, 2.45) is 5.92 Å². The van der Waals surface area contributed by atoms with Crippen molar-refractivity contribution in [1.29, 1.82) is 0 Å². The molecule has 18 heavy (non-hydrogen) atoms. The highest BCUT2D eigenvalue weighted by Gasteiger charge is 2.29. The summed E-state index contributed by atoms with van der Waals surface area (Å²) in [4.78, 5) is 0. The van der Waals surface area contributed by atoms with E-state index in [1.165, 1.54) is 6.92 Å². The number of aryl methyl sites for hydroxylation is 1. The van der Waals surface area contributed by atoms with Crippen LogP contribution in [0.2, 0.25) is 0 Å². The van der Waals surface area contributed by atoms with Crippen LogP contribution in [-0.4, -0.2) is 18.3 Å². The van der Waals surface area contributed by atoms with Crippen LogP contribution >= 0.6 is 0 Å². The van der Waals surface area contributed by atoms with E-state index in [-0.39, 0.29) is 17.7 Å². The Labute approximate surface area is 107 Å². The van der Waals surface area contributed by atoms with Gasteiger partial charge in [0.15, 0.2) is 0 Å². The van der Waals surface area contributed by atoms with Crippen LogP contribution in [0.4, 0.5) is 8.78 Å². The standard InChI is InChI=1S/C14H21F2NO/c1-9(2)7-17-14(4,8-18)11-6-12(15)10(3)5-13(11)16/h5-6,9,17-18H,7-8H2,1-4H3. The predicted molar refractivity (Wildman–Crippen MR) is 68.4 cm³/mol. The number of hydrogen-bond acceptors (Lipinski definition) is 2. The molecule has 0 spiro atoms. The van der Waals surface area contributed by atoms with Gasteiger partial charge >= 0.3 is 0 Å². The third-order valence-electron chi connectivity index (χ3n) is 3.06. The molecule has 0 fully saturated rings. The lowest BCUT2D eigenvalue weighted by atomic mass is 9.90. The van der Waals surface area contributed by atoms with E-state index in [1.54, 1.807) is 6.92 Å². The van der Waals surface area contributed by atoms with Gasteiger partial charge in [0.25, 0.3) is 0 Å². The molecule has 1 aromatic rings. The number of benzene rings is 1. The molecule has 0 saturated heterocycles. The Balaban J connectivity index is 3.11. The number of hydrogen-bond donors (Lipinski definition) is 2. The van der Waals surface area contributed by atoms with E-state index >= 15 is 0 Å². The molecular weight excluding hydrogens is 236 g/mol. The number of aliphatic hydroxyl groups is 1. The summed E-state index contributed by atoms with van der Waals surface area (Å²) >= 11 is 0. The van der Waals surface area contributed by atoms with Crippen molar-refractivity contribution in [3.63, 3.8) is 0 Å². The third-order valence-corrected chi connectivity index (χ3v) is 3.06. The Kier molecular flexibility index (Phi) is 4.82. The summed E-state index contributed by atoms with van der Waals surface area (Å²) in [7, 11) is 0. The van der Waals surface area contributed by atoms with E-state index in [0.29, 0.717) is 12.5 Å². The second-order valence-corrected chi connectivity index (χ2v) is 5.35. The fourth-order valence-corrected chi connectivity index (χ4v) is 1.73. The highest BCUT2D eigenvalue weighted by molar-refractivity contribution is 5.30. The molecule has 4 heteroatoms. The summed E-state index contributed by atoms with van der Waals surface area (Å²) < 4.78 is 27.5. The zero-order valence-electron chi connectivity index (χ0n) is 11.3. The lowest BCUT2D eigenvalue weighted by Gasteiger charge is -2.31. The minimum absolute atomic E-state index is 0.161. The van der Waals surface area contributed by atoms with Crippen molar-refractivity contribution >= 4 is 0 Å². The van der Waals surface area contributed by atoms with Gasteiger partial charge in [-0.3, -0.25) is 0 Å². The molecule has 2 nitrogen and oxygen atoms in total. The first kappa shape index (κ1) is 15.1. The van der Waals surface area contributed by atoms with Gasteiger partial charge in [-0.15, -0.1) is 0 Å². The van der Waals surface area contributed by atoms with Gasteiger partial charge in [-0.1, -0.05) is 13.8 Å². The molecule has 1 atom stereocenters. The van der Waals surface area contributed by atoms with Crippen LogP contribution in [0.25, 0.3) is 0 Å². The monoisotopic (exact) mass is 257 g/mol. The number of rotatable bonds is 5. The van der Waals surface area contributed by atoms with Gasteiger partial charge in [0, 0.05) is 5.56 Å². The van der Waals surface area contributed by atoms with Crippen LogP contribution in [0.15, 0.2) is 12.1 Å². The van der Waals surface area contributed by atoms with Crippen molar-refractivity contribution < 1.29 is 13.9 Å². The van der Waals surface area contributed by atoms with Crippen molar-refractivity contribution in [3.8, 4) is 0 Å². The molecule has 102 valence electrons. The first-order chi connectivity index (χ1) is 8.30. The van der Waals surface area contributed by atoms with Crippen molar-refractivity contribution in [1.82, 2.24) is 5.32 Å². The van der Waals surface area contributed by atoms with E-state index in [4.69, 9.17) is 0 Å². The molecule has 0 amide bonds. The van der Waals surface area contributed by atoms with Gasteiger partial charge in [-0.2, -0.15) is 0 Å². The zero-order chi connectivity index (χ0) is 13.9. The van der Waals surface area contributed by atoms with E-state index < -0.39 is 17.2 Å². The number of halogens is 2. The molecule has 2 N–H and O–H groups in total. The number of nitrogens with one attached hydrogen (secondary N) is 1. The maximum absolute atomic E-state index is 13.9. The van der Waals surface area contributed by atoms with E-state index in [0.717, 1.165) is 12.1 Å². The maximum Gasteiger partial charge on any atom is 0.128 e. The fourth-order valence-electron chi connectivity index (χ4n) is 1.73. The van der Waals surface area contributed by atoms with Crippen LogP contribution in [-0.2, 0) is 5.54 Å². The Hall–Kier alpha value is -1.00. The Bertz CT molecular complexity index is 421. The van der Waals surface area contributed by atoms with Crippen LogP contribution < -0.4 is 5.32 Å². The second kappa shape index (κ2) is 5.76. The summed E-state index contributed by atoms with van der Waals surface area (Å²) in [6.45, 7) is 7.53. The lowest BCUT2D eigenvalue weighted by Crippen LogP contribution is -2.45. The highest BCUT2D eigenvalue weighted by Crippen LogP contribution is 2.26. The van der Waals surface area contributed by atoms with Gasteiger partial charge in [-0.25, -0.2) is 8.78 Å². The van der Waals surface area contributed by atoms with Gasteiger partial charge in [-0.05, 0) is 44.0 Å². The first-order valence-corrected chi connectivity index (χ1v) is 6.12. The van der Waals surface area contributed by atoms with Gasteiger partial charge in [0.1, 0.15) is 11.6 Å². The molecule has 1 rings (SSSR count). The van der Waals surface area contributed by atoms with E-state index in [9.17, 15) is 13.9 Å². The number of aliphatic hydroxyl groups excluding tert-OH is 1. The van der Waals surface area contributed by atoms with Crippen molar-refractivity contribution in [2.75, 3.05) is 13.2 Å². The molecule has 0 radical (unpaired) electrons. The van der Waals surface area contributed by atoms with Crippen LogP contribution in [0, 0.1) is 24.5 Å². The molecule has 0 saturated carbocycles. The first-order valence-electron chi connectivity index (χ1n) is 6.12. The Morgan fingerprint density at radius 1 is 1.28 bits per heavy atom. The maximum atomic E-state index is 13.9. The van der Waals surface area contributed by atoms with E-state index in [1.807, 2.05) is 13.8 Å². The van der Waals surface area contributed by atoms with Crippen molar-refractivity contribution in [3.05, 3.63) is 34.9 Å². The minimum Gasteiger partial charge on any atom is -0.394 e. The Morgan fingerprint density at radius 3 is 2.39 bits per heavy atom. The smallest absolute Gasteiger partial charge is 0.128 e. The quantitative estimate of drug-likeness (QED) is 0.850. The van der Waals surface area contributed by atoms with E-state index in [2.05, 4.69) is 5.32 Å². The molecular formula is C14H21F2NO. The van der Waals surface area contributed by atoms with Gasteiger partial charge in [0.05, 0.1) is 12.1 Å². The molecule has 0 bridgehead atoms. The molecule has 1 aromatic carbocycles. The topological polar surface area (TPSA) is 32.3 Å². The molecule has 0 aliphatic heterocycles. The summed E-state index contributed by atoms with van der Waals surface area (Å²) in [6, 6.07) is 2.32. The molecule has 0 heterocycles. The van der Waals surface area contributed by atoms with Crippen LogP contribution in [0.1, 0.15) is 31.9 Å². The second-order valence-electron chi connectivity index (χ2n) is 5.35. The summed E-state index contributed by atoms with van der Waals surface area (Å²) in [5, 5.41) is 12.6. The summed E-state index contributed by atoms with van der Waals surface area (Å²) in [5.41, 5.74) is -0.544. The van der Waals surface area contributed by atoms with Gasteiger partial charge < -0.3 is 10.4 Å². The molecule has 0 aliphatic rings. The lowest BCUT2D eigenvalue weighted by molar-refractivity contribution is 0.167.